The molecule has 0 spiro atoms. The van der Waals surface area contributed by atoms with E-state index < -0.39 is 0 Å². The number of carbonyl (C=O) groups is 1. The molecule has 2 rings (SSSR count). The van der Waals surface area contributed by atoms with E-state index in [2.05, 4.69) is 24.4 Å². The molecule has 0 atom stereocenters. The number of benzene rings is 2. The summed E-state index contributed by atoms with van der Waals surface area (Å²) < 4.78 is 0. The van der Waals surface area contributed by atoms with Crippen LogP contribution in [0.4, 0.5) is 11.4 Å². The first-order valence-corrected chi connectivity index (χ1v) is 6.76. The second-order valence-electron chi connectivity index (χ2n) is 5.11. The van der Waals surface area contributed by atoms with Crippen molar-refractivity contribution in [2.24, 2.45) is 0 Å². The summed E-state index contributed by atoms with van der Waals surface area (Å²) in [6.45, 7) is 4.00. The third kappa shape index (κ3) is 3.85. The predicted octanol–water partition coefficient (Wildman–Crippen LogP) is 3.46. The van der Waals surface area contributed by atoms with Crippen LogP contribution in [-0.4, -0.2) is 5.91 Å². The van der Waals surface area contributed by atoms with Crippen LogP contribution in [0.25, 0.3) is 0 Å². The molecule has 0 saturated heterocycles. The molecule has 0 bridgehead atoms. The monoisotopic (exact) mass is 268 g/mol. The quantitative estimate of drug-likeness (QED) is 0.834. The van der Waals surface area contributed by atoms with Crippen LogP contribution in [0.5, 0.6) is 0 Å². The number of nitrogens with two attached hydrogens (primary N) is 1. The van der Waals surface area contributed by atoms with Crippen LogP contribution in [-0.2, 0) is 11.2 Å². The van der Waals surface area contributed by atoms with Crippen LogP contribution < -0.4 is 11.1 Å². The van der Waals surface area contributed by atoms with Gasteiger partial charge in [0, 0.05) is 17.8 Å². The summed E-state index contributed by atoms with van der Waals surface area (Å²) >= 11 is 0. The molecule has 3 heteroatoms. The molecule has 0 heterocycles. The van der Waals surface area contributed by atoms with E-state index in [0.717, 1.165) is 17.7 Å². The number of aryl methyl sites for hydroxylation is 3. The van der Waals surface area contributed by atoms with Crippen LogP contribution >= 0.6 is 0 Å². The Morgan fingerprint density at radius 2 is 1.95 bits per heavy atom. The molecule has 0 unspecified atom stereocenters. The van der Waals surface area contributed by atoms with E-state index in [4.69, 9.17) is 5.73 Å². The lowest BCUT2D eigenvalue weighted by Crippen LogP contribution is -2.12. The SMILES string of the molecule is Cc1cccc(CCC(=O)Nc2ccc(C)c(N)c2)c1. The van der Waals surface area contributed by atoms with E-state index in [1.54, 1.807) is 6.07 Å². The molecule has 20 heavy (non-hydrogen) atoms. The average molecular weight is 268 g/mol. The Morgan fingerprint density at radius 1 is 1.15 bits per heavy atom. The predicted molar refractivity (Wildman–Crippen MR) is 83.7 cm³/mol. The Morgan fingerprint density at radius 3 is 2.65 bits per heavy atom. The Balaban J connectivity index is 1.91. The van der Waals surface area contributed by atoms with Crippen molar-refractivity contribution < 1.29 is 4.79 Å². The van der Waals surface area contributed by atoms with E-state index >= 15 is 0 Å². The lowest BCUT2D eigenvalue weighted by atomic mass is 10.1. The van der Waals surface area contributed by atoms with Crippen molar-refractivity contribution in [3.05, 3.63) is 59.2 Å². The summed E-state index contributed by atoms with van der Waals surface area (Å²) in [7, 11) is 0. The molecule has 0 aliphatic rings. The zero-order valence-electron chi connectivity index (χ0n) is 11.9. The van der Waals surface area contributed by atoms with Gasteiger partial charge >= 0.3 is 0 Å². The van der Waals surface area contributed by atoms with E-state index in [1.165, 1.54) is 11.1 Å². The highest BCUT2D eigenvalue weighted by Crippen LogP contribution is 2.17. The van der Waals surface area contributed by atoms with E-state index in [9.17, 15) is 4.79 Å². The summed E-state index contributed by atoms with van der Waals surface area (Å²) in [6.07, 6.45) is 1.21. The maximum absolute atomic E-state index is 11.9. The molecule has 0 aliphatic heterocycles. The van der Waals surface area contributed by atoms with Crippen molar-refractivity contribution in [3.8, 4) is 0 Å². The molecule has 0 saturated carbocycles. The van der Waals surface area contributed by atoms with Gasteiger partial charge in [-0.3, -0.25) is 4.79 Å². The molecule has 0 radical (unpaired) electrons. The molecule has 3 nitrogen and oxygen atoms in total. The molecule has 104 valence electrons. The van der Waals surface area contributed by atoms with Gasteiger partial charge in [0.15, 0.2) is 0 Å². The molecule has 0 aliphatic carbocycles. The van der Waals surface area contributed by atoms with Gasteiger partial charge in [-0.05, 0) is 43.5 Å². The summed E-state index contributed by atoms with van der Waals surface area (Å²) in [5.41, 5.74) is 10.7. The number of amides is 1. The van der Waals surface area contributed by atoms with Crippen LogP contribution in [0, 0.1) is 13.8 Å². The van der Waals surface area contributed by atoms with E-state index in [1.807, 2.05) is 31.2 Å². The number of hydrogen-bond donors (Lipinski definition) is 2. The van der Waals surface area contributed by atoms with Gasteiger partial charge in [-0.15, -0.1) is 0 Å². The lowest BCUT2D eigenvalue weighted by molar-refractivity contribution is -0.116. The van der Waals surface area contributed by atoms with Gasteiger partial charge in [-0.2, -0.15) is 0 Å². The second-order valence-corrected chi connectivity index (χ2v) is 5.11. The number of anilines is 2. The fraction of sp³-hybridized carbons (Fsp3) is 0.235. The minimum Gasteiger partial charge on any atom is -0.398 e. The van der Waals surface area contributed by atoms with Crippen LogP contribution in [0.3, 0.4) is 0 Å². The largest absolute Gasteiger partial charge is 0.398 e. The summed E-state index contributed by atoms with van der Waals surface area (Å²) in [4.78, 5) is 11.9. The zero-order chi connectivity index (χ0) is 14.5. The fourth-order valence-electron chi connectivity index (χ4n) is 2.07. The number of hydrogen-bond acceptors (Lipinski definition) is 2. The molecule has 0 aromatic heterocycles. The Kier molecular flexibility index (Phi) is 4.41. The molecule has 0 fully saturated rings. The van der Waals surface area contributed by atoms with E-state index in [-0.39, 0.29) is 5.91 Å². The maximum Gasteiger partial charge on any atom is 0.224 e. The van der Waals surface area contributed by atoms with Crippen LogP contribution in [0.2, 0.25) is 0 Å². The highest BCUT2D eigenvalue weighted by Gasteiger charge is 2.04. The first kappa shape index (κ1) is 14.1. The second kappa shape index (κ2) is 6.24. The molecule has 1 amide bonds. The minimum atomic E-state index is 0.00904. The molecule has 3 N–H and O–H groups in total. The van der Waals surface area contributed by atoms with Gasteiger partial charge in [0.1, 0.15) is 0 Å². The number of rotatable bonds is 4. The number of nitrogens with one attached hydrogen (secondary N) is 1. The smallest absolute Gasteiger partial charge is 0.224 e. The van der Waals surface area contributed by atoms with Crippen molar-refractivity contribution in [2.75, 3.05) is 11.1 Å². The van der Waals surface area contributed by atoms with Gasteiger partial charge in [-0.1, -0.05) is 35.9 Å². The molecule has 2 aromatic rings. The number of nitrogen functional groups attached to an aromatic ring is 1. The topological polar surface area (TPSA) is 55.1 Å². The van der Waals surface area contributed by atoms with Crippen molar-refractivity contribution >= 4 is 17.3 Å². The van der Waals surface area contributed by atoms with Crippen LogP contribution in [0.15, 0.2) is 42.5 Å². The lowest BCUT2D eigenvalue weighted by Gasteiger charge is -2.08. The first-order chi connectivity index (χ1) is 9.54. The molecular weight excluding hydrogens is 248 g/mol. The molecular formula is C17H20N2O. The van der Waals surface area contributed by atoms with Gasteiger partial charge in [0.2, 0.25) is 5.91 Å². The summed E-state index contributed by atoms with van der Waals surface area (Å²) in [5, 5.41) is 2.88. The zero-order valence-corrected chi connectivity index (χ0v) is 11.9. The highest BCUT2D eigenvalue weighted by molar-refractivity contribution is 5.91. The molecule has 2 aromatic carbocycles. The maximum atomic E-state index is 11.9. The highest BCUT2D eigenvalue weighted by atomic mass is 16.1. The normalized spacial score (nSPS) is 10.3. The van der Waals surface area contributed by atoms with Crippen molar-refractivity contribution in [3.63, 3.8) is 0 Å². The van der Waals surface area contributed by atoms with Crippen molar-refractivity contribution in [1.82, 2.24) is 0 Å². The number of carbonyl (C=O) groups excluding carboxylic acids is 1. The van der Waals surface area contributed by atoms with Gasteiger partial charge < -0.3 is 11.1 Å². The third-order valence-electron chi connectivity index (χ3n) is 3.29. The van der Waals surface area contributed by atoms with Gasteiger partial charge in [-0.25, -0.2) is 0 Å². The van der Waals surface area contributed by atoms with Crippen molar-refractivity contribution in [1.29, 1.82) is 0 Å². The first-order valence-electron chi connectivity index (χ1n) is 6.76. The van der Waals surface area contributed by atoms with Gasteiger partial charge in [0.25, 0.3) is 0 Å². The van der Waals surface area contributed by atoms with E-state index in [0.29, 0.717) is 12.1 Å². The third-order valence-corrected chi connectivity index (χ3v) is 3.29. The van der Waals surface area contributed by atoms with Crippen LogP contribution in [0.1, 0.15) is 23.1 Å². The Hall–Kier alpha value is -2.29. The Labute approximate surface area is 119 Å². The minimum absolute atomic E-state index is 0.00904. The summed E-state index contributed by atoms with van der Waals surface area (Å²) in [5.74, 6) is 0.00904. The Bertz CT molecular complexity index is 620. The fourth-order valence-corrected chi connectivity index (χ4v) is 2.07. The standard InChI is InChI=1S/C17H20N2O/c1-12-4-3-5-14(10-12)7-9-17(20)19-15-8-6-13(2)16(18)11-15/h3-6,8,10-11H,7,9,18H2,1-2H3,(H,19,20). The van der Waals surface area contributed by atoms with Crippen molar-refractivity contribution in [2.45, 2.75) is 26.7 Å². The average Bonchev–Trinajstić information content (AvgIpc) is 2.41. The summed E-state index contributed by atoms with van der Waals surface area (Å²) in [6, 6.07) is 13.8. The van der Waals surface area contributed by atoms with Gasteiger partial charge in [0.05, 0.1) is 0 Å².